The molecule has 0 saturated heterocycles. The third-order valence-corrected chi connectivity index (χ3v) is 3.69. The third kappa shape index (κ3) is 3.34. The van der Waals surface area contributed by atoms with Crippen LogP contribution in [0.5, 0.6) is 0 Å². The fourth-order valence-corrected chi connectivity index (χ4v) is 2.57. The van der Waals surface area contributed by atoms with Crippen LogP contribution in [0.15, 0.2) is 6.20 Å². The lowest BCUT2D eigenvalue weighted by Gasteiger charge is -2.17. The molecule has 0 N–H and O–H groups in total. The summed E-state index contributed by atoms with van der Waals surface area (Å²) in [5.41, 5.74) is -0.0454. The Morgan fingerprint density at radius 2 is 1.96 bits per heavy atom. The smallest absolute Gasteiger partial charge is 0.336 e. The maximum absolute atomic E-state index is 12.8. The molecule has 0 aliphatic rings. The maximum atomic E-state index is 12.8. The highest BCUT2D eigenvalue weighted by molar-refractivity contribution is 6.34. The minimum absolute atomic E-state index is 0.196. The van der Waals surface area contributed by atoms with Crippen molar-refractivity contribution < 1.29 is 18.0 Å². The van der Waals surface area contributed by atoms with Crippen molar-refractivity contribution in [3.8, 4) is 0 Å². The molecule has 1 amide bonds. The number of nitrogens with zero attached hydrogens (tertiary/aromatic N) is 5. The molecule has 2 aromatic rings. The molecule has 2 aromatic heterocycles. The molecule has 6 nitrogen and oxygen atoms in total. The number of aromatic nitrogens is 4. The molecule has 0 spiro atoms. The first-order chi connectivity index (χ1) is 10.5. The van der Waals surface area contributed by atoms with Gasteiger partial charge in [-0.1, -0.05) is 11.6 Å². The van der Waals surface area contributed by atoms with Gasteiger partial charge in [0.1, 0.15) is 10.7 Å². The summed E-state index contributed by atoms with van der Waals surface area (Å²) in [4.78, 5) is 13.7. The molecule has 0 aromatic carbocycles. The highest BCUT2D eigenvalue weighted by atomic mass is 35.5. The standard InChI is InChI=1S/C13H15ClF3N5O/c1-7-8(6-21(3)18-7)5-20(2)12(23)10-9(14)11(13(15,16)17)19-22(10)4/h6H,5H2,1-4H3. The van der Waals surface area contributed by atoms with Crippen molar-refractivity contribution >= 4 is 17.5 Å². The summed E-state index contributed by atoms with van der Waals surface area (Å²) in [5.74, 6) is -0.649. The van der Waals surface area contributed by atoms with Crippen LogP contribution in [0.25, 0.3) is 0 Å². The molecule has 0 aliphatic heterocycles. The first-order valence-electron chi connectivity index (χ1n) is 6.56. The Bertz CT molecular complexity index is 750. The topological polar surface area (TPSA) is 56.0 Å². The van der Waals surface area contributed by atoms with Gasteiger partial charge in [-0.2, -0.15) is 23.4 Å². The second-order valence-corrected chi connectivity index (χ2v) is 5.59. The van der Waals surface area contributed by atoms with Gasteiger partial charge in [0.15, 0.2) is 5.69 Å². The van der Waals surface area contributed by atoms with E-state index in [-0.39, 0.29) is 12.2 Å². The molecule has 10 heteroatoms. The van der Waals surface area contributed by atoms with Crippen molar-refractivity contribution in [1.82, 2.24) is 24.5 Å². The molecule has 0 unspecified atom stereocenters. The van der Waals surface area contributed by atoms with Crippen LogP contribution in [0.1, 0.15) is 27.4 Å². The van der Waals surface area contributed by atoms with Crippen molar-refractivity contribution in [3.63, 3.8) is 0 Å². The van der Waals surface area contributed by atoms with E-state index in [0.29, 0.717) is 0 Å². The Morgan fingerprint density at radius 1 is 1.35 bits per heavy atom. The fraction of sp³-hybridized carbons (Fsp3) is 0.462. The quantitative estimate of drug-likeness (QED) is 0.855. The first kappa shape index (κ1) is 17.3. The molecule has 2 heterocycles. The van der Waals surface area contributed by atoms with Gasteiger partial charge in [0.25, 0.3) is 5.91 Å². The van der Waals surface area contributed by atoms with Gasteiger partial charge < -0.3 is 4.90 Å². The first-order valence-corrected chi connectivity index (χ1v) is 6.94. The van der Waals surface area contributed by atoms with Crippen LogP contribution in [-0.4, -0.2) is 37.4 Å². The second kappa shape index (κ2) is 5.88. The van der Waals surface area contributed by atoms with E-state index in [1.54, 1.807) is 24.9 Å². The number of carbonyl (C=O) groups excluding carboxylic acids is 1. The Balaban J connectivity index is 2.30. The lowest BCUT2D eigenvalue weighted by atomic mass is 10.2. The minimum atomic E-state index is -4.72. The number of hydrogen-bond acceptors (Lipinski definition) is 3. The average Bonchev–Trinajstić information content (AvgIpc) is 2.88. The molecule has 126 valence electrons. The third-order valence-electron chi connectivity index (χ3n) is 3.33. The summed E-state index contributed by atoms with van der Waals surface area (Å²) in [6, 6.07) is 0. The fourth-order valence-electron chi connectivity index (χ4n) is 2.22. The Hall–Kier alpha value is -2.03. The van der Waals surface area contributed by atoms with Crippen LogP contribution in [0, 0.1) is 6.92 Å². The summed E-state index contributed by atoms with van der Waals surface area (Å²) in [6.07, 6.45) is -2.98. The maximum Gasteiger partial charge on any atom is 0.436 e. The van der Waals surface area contributed by atoms with Crippen LogP contribution in [0.3, 0.4) is 0 Å². The van der Waals surface area contributed by atoms with E-state index in [9.17, 15) is 18.0 Å². The van der Waals surface area contributed by atoms with Gasteiger partial charge in [-0.05, 0) is 6.92 Å². The van der Waals surface area contributed by atoms with E-state index in [4.69, 9.17) is 11.6 Å². The highest BCUT2D eigenvalue weighted by Gasteiger charge is 2.40. The number of carbonyl (C=O) groups is 1. The number of alkyl halides is 3. The lowest BCUT2D eigenvalue weighted by Crippen LogP contribution is -2.28. The Morgan fingerprint density at radius 3 is 2.39 bits per heavy atom. The summed E-state index contributed by atoms with van der Waals surface area (Å²) >= 11 is 5.72. The van der Waals surface area contributed by atoms with E-state index >= 15 is 0 Å². The van der Waals surface area contributed by atoms with Crippen LogP contribution in [0.2, 0.25) is 5.02 Å². The van der Waals surface area contributed by atoms with Crippen molar-refractivity contribution in [2.75, 3.05) is 7.05 Å². The van der Waals surface area contributed by atoms with Crippen molar-refractivity contribution in [2.24, 2.45) is 14.1 Å². The predicted molar refractivity (Wildman–Crippen MR) is 77.0 cm³/mol. The molecule has 0 fully saturated rings. The molecule has 0 bridgehead atoms. The SMILES string of the molecule is Cc1nn(C)cc1CN(C)C(=O)c1c(Cl)c(C(F)(F)F)nn1C. The van der Waals surface area contributed by atoms with Gasteiger partial charge in [-0.15, -0.1) is 0 Å². The molecular weight excluding hydrogens is 335 g/mol. The highest BCUT2D eigenvalue weighted by Crippen LogP contribution is 2.35. The monoisotopic (exact) mass is 349 g/mol. The van der Waals surface area contributed by atoms with Gasteiger partial charge in [-0.3, -0.25) is 14.2 Å². The molecular formula is C13H15ClF3N5O. The van der Waals surface area contributed by atoms with Crippen LogP contribution in [-0.2, 0) is 26.8 Å². The molecule has 0 atom stereocenters. The van der Waals surface area contributed by atoms with Crippen LogP contribution >= 0.6 is 11.6 Å². The average molecular weight is 350 g/mol. The number of amides is 1. The van der Waals surface area contributed by atoms with E-state index in [1.807, 2.05) is 0 Å². The minimum Gasteiger partial charge on any atom is -0.336 e. The normalized spacial score (nSPS) is 11.8. The van der Waals surface area contributed by atoms with Crippen molar-refractivity contribution in [1.29, 1.82) is 0 Å². The predicted octanol–water partition coefficient (Wildman–Crippen LogP) is 2.41. The Kier molecular flexibility index (Phi) is 4.43. The van der Waals surface area contributed by atoms with Gasteiger partial charge in [0.2, 0.25) is 0 Å². The number of rotatable bonds is 3. The Labute approximate surface area is 135 Å². The molecule has 23 heavy (non-hydrogen) atoms. The largest absolute Gasteiger partial charge is 0.436 e. The lowest BCUT2D eigenvalue weighted by molar-refractivity contribution is -0.141. The zero-order valence-electron chi connectivity index (χ0n) is 12.9. The van der Waals surface area contributed by atoms with Gasteiger partial charge in [-0.25, -0.2) is 0 Å². The van der Waals surface area contributed by atoms with Crippen LogP contribution < -0.4 is 0 Å². The summed E-state index contributed by atoms with van der Waals surface area (Å²) < 4.78 is 40.9. The number of halogens is 4. The number of hydrogen-bond donors (Lipinski definition) is 0. The molecule has 0 saturated carbocycles. The van der Waals surface area contributed by atoms with Crippen LogP contribution in [0.4, 0.5) is 13.2 Å². The van der Waals surface area contributed by atoms with Gasteiger partial charge in [0.05, 0.1) is 5.69 Å². The molecule has 2 rings (SSSR count). The van der Waals surface area contributed by atoms with Crippen molar-refractivity contribution in [2.45, 2.75) is 19.6 Å². The van der Waals surface area contributed by atoms with E-state index in [2.05, 4.69) is 10.2 Å². The zero-order valence-corrected chi connectivity index (χ0v) is 13.7. The second-order valence-electron chi connectivity index (χ2n) is 5.21. The van der Waals surface area contributed by atoms with Gasteiger partial charge in [0, 0.05) is 39.4 Å². The summed E-state index contributed by atoms with van der Waals surface area (Å²) in [6.45, 7) is 1.98. The van der Waals surface area contributed by atoms with E-state index < -0.39 is 22.8 Å². The van der Waals surface area contributed by atoms with E-state index in [0.717, 1.165) is 15.9 Å². The number of aryl methyl sites for hydroxylation is 3. The molecule has 0 radical (unpaired) electrons. The zero-order chi connectivity index (χ0) is 17.5. The van der Waals surface area contributed by atoms with Gasteiger partial charge >= 0.3 is 6.18 Å². The summed E-state index contributed by atoms with van der Waals surface area (Å²) in [5, 5.41) is 6.77. The van der Waals surface area contributed by atoms with E-state index in [1.165, 1.54) is 19.0 Å². The molecule has 0 aliphatic carbocycles. The van der Waals surface area contributed by atoms with Crippen molar-refractivity contribution in [3.05, 3.63) is 33.9 Å². The summed E-state index contributed by atoms with van der Waals surface area (Å²) in [7, 11) is 4.47.